The molecular weight excluding hydrogens is 352 g/mol. The molecule has 2 atom stereocenters. The van der Waals surface area contributed by atoms with Crippen LogP contribution in [0.4, 0.5) is 11.4 Å². The Morgan fingerprint density at radius 1 is 0.963 bits per heavy atom. The van der Waals surface area contributed by atoms with Gasteiger partial charge in [-0.3, -0.25) is 20.2 Å². The SMILES string of the molecule is CCC(OC(=O)c1cc([N+](=O)[O-])cc([N+](=O)[O-])c1)C(CC)c1ccccc1. The van der Waals surface area contributed by atoms with Crippen molar-refractivity contribution < 1.29 is 19.4 Å². The number of carbonyl (C=O) groups is 1. The van der Waals surface area contributed by atoms with E-state index in [1.165, 1.54) is 0 Å². The summed E-state index contributed by atoms with van der Waals surface area (Å²) in [6.07, 6.45) is 0.810. The maximum absolute atomic E-state index is 12.5. The predicted molar refractivity (Wildman–Crippen MR) is 98.7 cm³/mol. The number of nitro benzene ring substituents is 2. The molecular formula is C19H20N2O6. The van der Waals surface area contributed by atoms with Crippen LogP contribution in [0.25, 0.3) is 0 Å². The Kier molecular flexibility index (Phi) is 6.59. The molecule has 8 nitrogen and oxygen atoms in total. The van der Waals surface area contributed by atoms with Crippen LogP contribution in [0.1, 0.15) is 48.5 Å². The van der Waals surface area contributed by atoms with Crippen molar-refractivity contribution in [1.82, 2.24) is 0 Å². The quantitative estimate of drug-likeness (QED) is 0.379. The zero-order chi connectivity index (χ0) is 20.0. The Hall–Kier alpha value is -3.29. The van der Waals surface area contributed by atoms with Crippen LogP contribution in [0.15, 0.2) is 48.5 Å². The van der Waals surface area contributed by atoms with Gasteiger partial charge in [0.05, 0.1) is 21.5 Å². The molecule has 2 unspecified atom stereocenters. The smallest absolute Gasteiger partial charge is 0.338 e. The predicted octanol–water partition coefficient (Wildman–Crippen LogP) is 4.63. The molecule has 0 fully saturated rings. The summed E-state index contributed by atoms with van der Waals surface area (Å²) in [6, 6.07) is 12.4. The van der Waals surface area contributed by atoms with Gasteiger partial charge in [0.1, 0.15) is 6.10 Å². The summed E-state index contributed by atoms with van der Waals surface area (Å²) in [5.41, 5.74) is -0.250. The molecule has 0 saturated heterocycles. The van der Waals surface area contributed by atoms with Gasteiger partial charge in [-0.05, 0) is 18.4 Å². The third kappa shape index (κ3) is 4.87. The van der Waals surface area contributed by atoms with E-state index < -0.39 is 33.3 Å². The summed E-state index contributed by atoms with van der Waals surface area (Å²) >= 11 is 0. The molecule has 0 amide bonds. The van der Waals surface area contributed by atoms with Gasteiger partial charge in [0, 0.05) is 18.1 Å². The fraction of sp³-hybridized carbons (Fsp3) is 0.316. The summed E-state index contributed by atoms with van der Waals surface area (Å²) in [4.78, 5) is 33.0. The standard InChI is InChI=1S/C19H20N2O6/c1-3-17(13-8-6-5-7-9-13)18(4-2)27-19(22)14-10-15(20(23)24)12-16(11-14)21(25)26/h5-12,17-18H,3-4H2,1-2H3. The third-order valence-corrected chi connectivity index (χ3v) is 4.34. The highest BCUT2D eigenvalue weighted by atomic mass is 16.6. The first-order valence-electron chi connectivity index (χ1n) is 8.57. The Morgan fingerprint density at radius 2 is 1.52 bits per heavy atom. The molecule has 2 rings (SSSR count). The molecule has 8 heteroatoms. The van der Waals surface area contributed by atoms with Gasteiger partial charge in [-0.2, -0.15) is 0 Å². The topological polar surface area (TPSA) is 113 Å². The second-order valence-electron chi connectivity index (χ2n) is 6.03. The van der Waals surface area contributed by atoms with E-state index in [9.17, 15) is 25.0 Å². The Morgan fingerprint density at radius 3 is 1.96 bits per heavy atom. The van der Waals surface area contributed by atoms with Gasteiger partial charge in [-0.15, -0.1) is 0 Å². The molecule has 27 heavy (non-hydrogen) atoms. The lowest BCUT2D eigenvalue weighted by Gasteiger charge is -2.25. The number of ether oxygens (including phenoxy) is 1. The van der Waals surface area contributed by atoms with Crippen molar-refractivity contribution in [3.05, 3.63) is 79.9 Å². The van der Waals surface area contributed by atoms with Crippen LogP contribution in [0.5, 0.6) is 0 Å². The van der Waals surface area contributed by atoms with Crippen LogP contribution in [-0.2, 0) is 4.74 Å². The molecule has 2 aromatic rings. The van der Waals surface area contributed by atoms with Crippen LogP contribution < -0.4 is 0 Å². The van der Waals surface area contributed by atoms with Gasteiger partial charge in [0.25, 0.3) is 11.4 Å². The zero-order valence-corrected chi connectivity index (χ0v) is 15.0. The number of hydrogen-bond donors (Lipinski definition) is 0. The monoisotopic (exact) mass is 372 g/mol. The molecule has 0 radical (unpaired) electrons. The first-order valence-corrected chi connectivity index (χ1v) is 8.57. The molecule has 0 aliphatic rings. The lowest BCUT2D eigenvalue weighted by Crippen LogP contribution is -2.25. The summed E-state index contributed by atoms with van der Waals surface area (Å²) in [6.45, 7) is 3.85. The van der Waals surface area contributed by atoms with Crippen molar-refractivity contribution in [2.75, 3.05) is 0 Å². The van der Waals surface area contributed by atoms with Crippen molar-refractivity contribution in [2.45, 2.75) is 38.7 Å². The van der Waals surface area contributed by atoms with Crippen LogP contribution in [-0.4, -0.2) is 21.9 Å². The molecule has 0 aliphatic heterocycles. The molecule has 0 spiro atoms. The number of nitro groups is 2. The maximum atomic E-state index is 12.5. The molecule has 2 aromatic carbocycles. The molecule has 0 saturated carbocycles. The van der Waals surface area contributed by atoms with Crippen molar-refractivity contribution in [3.63, 3.8) is 0 Å². The summed E-state index contributed by atoms with van der Waals surface area (Å²) in [5.74, 6) is -0.864. The largest absolute Gasteiger partial charge is 0.458 e. The molecule has 0 heterocycles. The number of hydrogen-bond acceptors (Lipinski definition) is 6. The van der Waals surface area contributed by atoms with Crippen LogP contribution in [0.2, 0.25) is 0 Å². The summed E-state index contributed by atoms with van der Waals surface area (Å²) in [5, 5.41) is 22.0. The maximum Gasteiger partial charge on any atom is 0.338 e. The minimum atomic E-state index is -0.817. The van der Waals surface area contributed by atoms with E-state index in [-0.39, 0.29) is 11.5 Å². The Bertz CT molecular complexity index is 805. The highest BCUT2D eigenvalue weighted by Crippen LogP contribution is 2.29. The molecule has 0 aromatic heterocycles. The first kappa shape index (κ1) is 20.0. The van der Waals surface area contributed by atoms with E-state index in [4.69, 9.17) is 4.74 Å². The number of carbonyl (C=O) groups excluding carboxylic acids is 1. The van der Waals surface area contributed by atoms with Crippen LogP contribution >= 0.6 is 0 Å². The lowest BCUT2D eigenvalue weighted by atomic mass is 9.89. The van der Waals surface area contributed by atoms with Gasteiger partial charge < -0.3 is 4.74 Å². The van der Waals surface area contributed by atoms with Gasteiger partial charge in [0.15, 0.2) is 0 Å². The fourth-order valence-corrected chi connectivity index (χ4v) is 2.99. The first-order chi connectivity index (χ1) is 12.9. The van der Waals surface area contributed by atoms with Crippen LogP contribution in [0.3, 0.4) is 0 Å². The minimum absolute atomic E-state index is 0.0474. The highest BCUT2D eigenvalue weighted by molar-refractivity contribution is 5.91. The molecule has 0 N–H and O–H groups in total. The average molecular weight is 372 g/mol. The molecule has 0 bridgehead atoms. The Labute approximate surface area is 156 Å². The summed E-state index contributed by atoms with van der Waals surface area (Å²) < 4.78 is 5.58. The van der Waals surface area contributed by atoms with Crippen molar-refractivity contribution in [3.8, 4) is 0 Å². The second-order valence-corrected chi connectivity index (χ2v) is 6.03. The fourth-order valence-electron chi connectivity index (χ4n) is 2.99. The number of nitrogens with zero attached hydrogens (tertiary/aromatic N) is 2. The Balaban J connectivity index is 2.31. The van der Waals surface area contributed by atoms with Crippen molar-refractivity contribution >= 4 is 17.3 Å². The van der Waals surface area contributed by atoms with Gasteiger partial charge in [-0.25, -0.2) is 4.79 Å². The minimum Gasteiger partial charge on any atom is -0.458 e. The van der Waals surface area contributed by atoms with Crippen molar-refractivity contribution in [1.29, 1.82) is 0 Å². The normalized spacial score (nSPS) is 12.8. The zero-order valence-electron chi connectivity index (χ0n) is 15.0. The van der Waals surface area contributed by atoms with E-state index in [1.54, 1.807) is 0 Å². The van der Waals surface area contributed by atoms with Gasteiger partial charge in [-0.1, -0.05) is 44.2 Å². The number of esters is 1. The molecule has 0 aliphatic carbocycles. The summed E-state index contributed by atoms with van der Waals surface area (Å²) in [7, 11) is 0. The third-order valence-electron chi connectivity index (χ3n) is 4.34. The number of benzene rings is 2. The van der Waals surface area contributed by atoms with E-state index in [2.05, 4.69) is 0 Å². The van der Waals surface area contributed by atoms with Gasteiger partial charge in [0.2, 0.25) is 0 Å². The van der Waals surface area contributed by atoms with E-state index in [0.717, 1.165) is 30.2 Å². The number of rotatable bonds is 8. The van der Waals surface area contributed by atoms with E-state index in [1.807, 2.05) is 44.2 Å². The van der Waals surface area contributed by atoms with Crippen LogP contribution in [0, 0.1) is 20.2 Å². The van der Waals surface area contributed by atoms with E-state index >= 15 is 0 Å². The van der Waals surface area contributed by atoms with Gasteiger partial charge >= 0.3 is 5.97 Å². The van der Waals surface area contributed by atoms with Crippen molar-refractivity contribution in [2.24, 2.45) is 0 Å². The lowest BCUT2D eigenvalue weighted by molar-refractivity contribution is -0.394. The molecule has 142 valence electrons. The highest BCUT2D eigenvalue weighted by Gasteiger charge is 2.27. The average Bonchev–Trinajstić information content (AvgIpc) is 2.67. The second kappa shape index (κ2) is 8.88. The van der Waals surface area contributed by atoms with E-state index in [0.29, 0.717) is 6.42 Å². The number of non-ortho nitro benzene ring substituents is 2.